The van der Waals surface area contributed by atoms with Gasteiger partial charge in [0.15, 0.2) is 0 Å². The molecule has 0 fully saturated rings. The molecule has 0 atom stereocenters. The van der Waals surface area contributed by atoms with Gasteiger partial charge in [0.05, 0.1) is 11.6 Å². The van der Waals surface area contributed by atoms with E-state index in [0.717, 1.165) is 35.1 Å². The number of nitrogens with zero attached hydrogens (tertiary/aromatic N) is 2. The van der Waals surface area contributed by atoms with Gasteiger partial charge in [0.1, 0.15) is 0 Å². The van der Waals surface area contributed by atoms with E-state index in [9.17, 15) is 4.79 Å². The summed E-state index contributed by atoms with van der Waals surface area (Å²) in [6, 6.07) is 7.35. The third kappa shape index (κ3) is 2.32. The molecule has 1 aromatic carbocycles. The Kier molecular flexibility index (Phi) is 3.57. The number of hydrogen-bond donors (Lipinski definition) is 1. The minimum absolute atomic E-state index is 0.310. The van der Waals surface area contributed by atoms with Crippen molar-refractivity contribution < 1.29 is 9.90 Å². The summed E-state index contributed by atoms with van der Waals surface area (Å²) in [6.07, 6.45) is 1.34. The van der Waals surface area contributed by atoms with E-state index in [4.69, 9.17) is 10.4 Å². The standard InChI is InChI=1S/C15H16N2O2/c1-10-11(2)17(8-4-3-7-16)14-6-5-12(15(18)19)9-13(10)14/h5-6,9H,3-4,8H2,1-2H3,(H,18,19). The summed E-state index contributed by atoms with van der Waals surface area (Å²) in [6.45, 7) is 4.82. The van der Waals surface area contributed by atoms with Crippen molar-refractivity contribution in [2.75, 3.05) is 0 Å². The van der Waals surface area contributed by atoms with Crippen LogP contribution in [-0.2, 0) is 6.54 Å². The molecular weight excluding hydrogens is 240 g/mol. The van der Waals surface area contributed by atoms with E-state index in [1.807, 2.05) is 19.9 Å². The van der Waals surface area contributed by atoms with Crippen molar-refractivity contribution in [1.29, 1.82) is 5.26 Å². The normalized spacial score (nSPS) is 10.6. The monoisotopic (exact) mass is 256 g/mol. The molecule has 0 radical (unpaired) electrons. The molecule has 4 nitrogen and oxygen atoms in total. The summed E-state index contributed by atoms with van der Waals surface area (Å²) in [5, 5.41) is 18.6. The molecule has 0 aliphatic rings. The number of aryl methyl sites for hydroxylation is 2. The van der Waals surface area contributed by atoms with Gasteiger partial charge in [-0.05, 0) is 44.0 Å². The van der Waals surface area contributed by atoms with Crippen molar-refractivity contribution in [2.24, 2.45) is 0 Å². The Morgan fingerprint density at radius 3 is 2.79 bits per heavy atom. The number of carbonyl (C=O) groups is 1. The summed E-state index contributed by atoms with van der Waals surface area (Å²) < 4.78 is 2.16. The molecule has 0 bridgehead atoms. The number of rotatable bonds is 4. The van der Waals surface area contributed by atoms with Gasteiger partial charge in [-0.2, -0.15) is 5.26 Å². The zero-order valence-electron chi connectivity index (χ0n) is 11.1. The summed E-state index contributed by atoms with van der Waals surface area (Å²) in [5.74, 6) is -0.906. The Labute approximate surface area is 111 Å². The highest BCUT2D eigenvalue weighted by Crippen LogP contribution is 2.26. The highest BCUT2D eigenvalue weighted by Gasteiger charge is 2.13. The van der Waals surface area contributed by atoms with Crippen molar-refractivity contribution in [3.05, 3.63) is 35.0 Å². The number of aromatic nitrogens is 1. The fourth-order valence-corrected chi connectivity index (χ4v) is 2.39. The minimum Gasteiger partial charge on any atom is -0.478 e. The van der Waals surface area contributed by atoms with Crippen LogP contribution < -0.4 is 0 Å². The average molecular weight is 256 g/mol. The highest BCUT2D eigenvalue weighted by atomic mass is 16.4. The van der Waals surface area contributed by atoms with Crippen LogP contribution in [0.25, 0.3) is 10.9 Å². The summed E-state index contributed by atoms with van der Waals surface area (Å²) in [4.78, 5) is 11.0. The summed E-state index contributed by atoms with van der Waals surface area (Å²) in [5.41, 5.74) is 3.59. The van der Waals surface area contributed by atoms with Crippen molar-refractivity contribution in [1.82, 2.24) is 4.57 Å². The second-order valence-corrected chi connectivity index (χ2v) is 4.66. The van der Waals surface area contributed by atoms with Crippen LogP contribution in [0.3, 0.4) is 0 Å². The zero-order chi connectivity index (χ0) is 14.0. The van der Waals surface area contributed by atoms with Crippen LogP contribution in [0.15, 0.2) is 18.2 Å². The first-order chi connectivity index (χ1) is 9.06. The van der Waals surface area contributed by atoms with Gasteiger partial charge in [-0.25, -0.2) is 4.79 Å². The van der Waals surface area contributed by atoms with Crippen LogP contribution in [0.5, 0.6) is 0 Å². The number of fused-ring (bicyclic) bond motifs is 1. The van der Waals surface area contributed by atoms with E-state index in [0.29, 0.717) is 12.0 Å². The SMILES string of the molecule is Cc1c(C)n(CCCC#N)c2ccc(C(=O)O)cc12. The highest BCUT2D eigenvalue weighted by molar-refractivity contribution is 5.95. The van der Waals surface area contributed by atoms with Crippen molar-refractivity contribution in [2.45, 2.75) is 33.2 Å². The fraction of sp³-hybridized carbons (Fsp3) is 0.333. The smallest absolute Gasteiger partial charge is 0.335 e. The molecule has 98 valence electrons. The first-order valence-electron chi connectivity index (χ1n) is 6.26. The van der Waals surface area contributed by atoms with Crippen LogP contribution in [0, 0.1) is 25.2 Å². The van der Waals surface area contributed by atoms with Crippen LogP contribution in [0.4, 0.5) is 0 Å². The van der Waals surface area contributed by atoms with E-state index >= 15 is 0 Å². The molecule has 4 heteroatoms. The van der Waals surface area contributed by atoms with Gasteiger partial charge in [-0.15, -0.1) is 0 Å². The molecule has 2 aromatic rings. The number of benzene rings is 1. The predicted molar refractivity (Wildman–Crippen MR) is 73.2 cm³/mol. The largest absolute Gasteiger partial charge is 0.478 e. The molecule has 0 aliphatic heterocycles. The number of nitriles is 1. The number of hydrogen-bond acceptors (Lipinski definition) is 2. The molecule has 2 rings (SSSR count). The number of carboxylic acid groups (broad SMARTS) is 1. The molecule has 1 aromatic heterocycles. The van der Waals surface area contributed by atoms with Gasteiger partial charge in [-0.1, -0.05) is 0 Å². The average Bonchev–Trinajstić information content (AvgIpc) is 2.63. The lowest BCUT2D eigenvalue weighted by atomic mass is 10.1. The minimum atomic E-state index is -0.906. The van der Waals surface area contributed by atoms with Gasteiger partial charge >= 0.3 is 5.97 Å². The van der Waals surface area contributed by atoms with Gasteiger partial charge in [-0.3, -0.25) is 0 Å². The van der Waals surface area contributed by atoms with Crippen LogP contribution >= 0.6 is 0 Å². The number of unbranched alkanes of at least 4 members (excludes halogenated alkanes) is 1. The second kappa shape index (κ2) is 5.15. The molecule has 0 unspecified atom stereocenters. The van der Waals surface area contributed by atoms with E-state index in [1.165, 1.54) is 0 Å². The van der Waals surface area contributed by atoms with Gasteiger partial charge in [0.25, 0.3) is 0 Å². The van der Waals surface area contributed by atoms with E-state index in [2.05, 4.69) is 10.6 Å². The second-order valence-electron chi connectivity index (χ2n) is 4.66. The molecule has 0 aliphatic carbocycles. The van der Waals surface area contributed by atoms with E-state index < -0.39 is 5.97 Å². The number of carboxylic acids is 1. The van der Waals surface area contributed by atoms with E-state index in [-0.39, 0.29) is 0 Å². The van der Waals surface area contributed by atoms with Crippen molar-refractivity contribution >= 4 is 16.9 Å². The topological polar surface area (TPSA) is 66.0 Å². The number of aromatic carboxylic acids is 1. The Morgan fingerprint density at radius 2 is 2.16 bits per heavy atom. The van der Waals surface area contributed by atoms with Crippen LogP contribution in [0.2, 0.25) is 0 Å². The maximum Gasteiger partial charge on any atom is 0.335 e. The maximum absolute atomic E-state index is 11.0. The molecule has 1 heterocycles. The molecular formula is C15H16N2O2. The Morgan fingerprint density at radius 1 is 1.42 bits per heavy atom. The van der Waals surface area contributed by atoms with Crippen molar-refractivity contribution in [3.63, 3.8) is 0 Å². The molecule has 0 amide bonds. The summed E-state index contributed by atoms with van der Waals surface area (Å²) in [7, 11) is 0. The lowest BCUT2D eigenvalue weighted by Crippen LogP contribution is -2.00. The summed E-state index contributed by atoms with van der Waals surface area (Å²) >= 11 is 0. The Hall–Kier alpha value is -2.28. The Balaban J connectivity index is 2.51. The third-order valence-corrected chi connectivity index (χ3v) is 3.56. The zero-order valence-corrected chi connectivity index (χ0v) is 11.1. The van der Waals surface area contributed by atoms with Gasteiger partial charge in [0.2, 0.25) is 0 Å². The van der Waals surface area contributed by atoms with Gasteiger partial charge in [0, 0.05) is 29.6 Å². The molecule has 19 heavy (non-hydrogen) atoms. The molecule has 1 N–H and O–H groups in total. The fourth-order valence-electron chi connectivity index (χ4n) is 2.39. The van der Waals surface area contributed by atoms with Crippen molar-refractivity contribution in [3.8, 4) is 6.07 Å². The van der Waals surface area contributed by atoms with Crippen LogP contribution in [0.1, 0.15) is 34.5 Å². The van der Waals surface area contributed by atoms with E-state index in [1.54, 1.807) is 12.1 Å². The lowest BCUT2D eigenvalue weighted by molar-refractivity contribution is 0.0697. The Bertz CT molecular complexity index is 677. The first-order valence-corrected chi connectivity index (χ1v) is 6.26. The lowest BCUT2D eigenvalue weighted by Gasteiger charge is -2.06. The quantitative estimate of drug-likeness (QED) is 0.854. The predicted octanol–water partition coefficient (Wildman–Crippen LogP) is 3.26. The van der Waals surface area contributed by atoms with Gasteiger partial charge < -0.3 is 9.67 Å². The molecule has 0 saturated carbocycles. The molecule has 0 spiro atoms. The first kappa shape index (κ1) is 13.2. The third-order valence-electron chi connectivity index (χ3n) is 3.56. The maximum atomic E-state index is 11.0. The van der Waals surface area contributed by atoms with Crippen LogP contribution in [-0.4, -0.2) is 15.6 Å². The molecule has 0 saturated heterocycles.